The molecular formula is C15H15ClN4O. The minimum absolute atomic E-state index is 0.288. The second-order valence-corrected chi connectivity index (χ2v) is 5.48. The minimum atomic E-state index is -0.288. The number of amides is 1. The monoisotopic (exact) mass is 302 g/mol. The molecule has 0 bridgehead atoms. The average Bonchev–Trinajstić information content (AvgIpc) is 3.32. The molecule has 5 nitrogen and oxygen atoms in total. The Bertz CT molecular complexity index is 640. The van der Waals surface area contributed by atoms with Gasteiger partial charge in [-0.25, -0.2) is 9.97 Å². The van der Waals surface area contributed by atoms with E-state index in [4.69, 9.17) is 11.6 Å². The van der Waals surface area contributed by atoms with Crippen LogP contribution in [-0.2, 0) is 0 Å². The van der Waals surface area contributed by atoms with E-state index >= 15 is 0 Å². The summed E-state index contributed by atoms with van der Waals surface area (Å²) in [6.07, 6.45) is 5.56. The molecule has 0 radical (unpaired) electrons. The van der Waals surface area contributed by atoms with Crippen LogP contribution in [0.15, 0.2) is 36.7 Å². The summed E-state index contributed by atoms with van der Waals surface area (Å²) >= 11 is 5.82. The predicted octanol–water partition coefficient (Wildman–Crippen LogP) is 3.20. The molecule has 6 heteroatoms. The van der Waals surface area contributed by atoms with Gasteiger partial charge in [0.2, 0.25) is 0 Å². The molecule has 1 fully saturated rings. The first-order valence-corrected chi connectivity index (χ1v) is 7.22. The predicted molar refractivity (Wildman–Crippen MR) is 82.7 cm³/mol. The quantitative estimate of drug-likeness (QED) is 0.890. The van der Waals surface area contributed by atoms with Gasteiger partial charge in [-0.05, 0) is 43.0 Å². The summed E-state index contributed by atoms with van der Waals surface area (Å²) in [5.74, 6) is 0.929. The van der Waals surface area contributed by atoms with Crippen LogP contribution in [0.1, 0.15) is 23.3 Å². The summed E-state index contributed by atoms with van der Waals surface area (Å²) < 4.78 is 0. The first-order valence-electron chi connectivity index (χ1n) is 6.84. The summed E-state index contributed by atoms with van der Waals surface area (Å²) in [5.41, 5.74) is 0.969. The van der Waals surface area contributed by atoms with Crippen molar-refractivity contribution in [2.24, 2.45) is 5.92 Å². The van der Waals surface area contributed by atoms with Gasteiger partial charge in [-0.2, -0.15) is 0 Å². The van der Waals surface area contributed by atoms with Crippen molar-refractivity contribution in [3.63, 3.8) is 0 Å². The lowest BCUT2D eigenvalue weighted by molar-refractivity contribution is 0.102. The van der Waals surface area contributed by atoms with Crippen LogP contribution in [0.4, 0.5) is 11.5 Å². The van der Waals surface area contributed by atoms with Crippen molar-refractivity contribution in [3.05, 3.63) is 47.4 Å². The molecule has 1 amide bonds. The van der Waals surface area contributed by atoms with Gasteiger partial charge < -0.3 is 10.6 Å². The van der Waals surface area contributed by atoms with Gasteiger partial charge in [0.25, 0.3) is 5.91 Å². The number of nitrogens with zero attached hydrogens (tertiary/aromatic N) is 2. The van der Waals surface area contributed by atoms with E-state index in [1.54, 1.807) is 30.5 Å². The molecule has 3 rings (SSSR count). The Kier molecular flexibility index (Phi) is 4.01. The van der Waals surface area contributed by atoms with Crippen molar-refractivity contribution in [2.45, 2.75) is 12.8 Å². The van der Waals surface area contributed by atoms with Crippen molar-refractivity contribution in [1.82, 2.24) is 9.97 Å². The second kappa shape index (κ2) is 6.10. The number of carbonyl (C=O) groups is 1. The number of anilines is 2. The Morgan fingerprint density at radius 1 is 1.19 bits per heavy atom. The van der Waals surface area contributed by atoms with Gasteiger partial charge in [0, 0.05) is 29.6 Å². The van der Waals surface area contributed by atoms with E-state index in [2.05, 4.69) is 20.6 Å². The minimum Gasteiger partial charge on any atom is -0.368 e. The number of nitrogens with one attached hydrogen (secondary N) is 2. The van der Waals surface area contributed by atoms with Crippen LogP contribution >= 0.6 is 11.6 Å². The van der Waals surface area contributed by atoms with Gasteiger partial charge >= 0.3 is 0 Å². The van der Waals surface area contributed by atoms with E-state index < -0.39 is 0 Å². The molecule has 1 saturated carbocycles. The lowest BCUT2D eigenvalue weighted by Gasteiger charge is -2.10. The number of halogens is 1. The highest BCUT2D eigenvalue weighted by Gasteiger charge is 2.22. The zero-order valence-corrected chi connectivity index (χ0v) is 12.1. The molecule has 1 aliphatic rings. The Balaban J connectivity index is 1.72. The van der Waals surface area contributed by atoms with Crippen LogP contribution in [-0.4, -0.2) is 22.4 Å². The van der Waals surface area contributed by atoms with Crippen LogP contribution in [0.2, 0.25) is 5.02 Å². The summed E-state index contributed by atoms with van der Waals surface area (Å²) in [5, 5.41) is 6.61. The highest BCUT2D eigenvalue weighted by atomic mass is 35.5. The highest BCUT2D eigenvalue weighted by molar-refractivity contribution is 6.30. The number of hydrogen-bond acceptors (Lipinski definition) is 4. The number of carbonyl (C=O) groups excluding carboxylic acids is 1. The van der Waals surface area contributed by atoms with Crippen LogP contribution in [0.3, 0.4) is 0 Å². The van der Waals surface area contributed by atoms with Gasteiger partial charge in [0.1, 0.15) is 0 Å². The van der Waals surface area contributed by atoms with Crippen molar-refractivity contribution in [1.29, 1.82) is 0 Å². The molecule has 0 unspecified atom stereocenters. The average molecular weight is 303 g/mol. The smallest absolute Gasteiger partial charge is 0.278 e. The van der Waals surface area contributed by atoms with Crippen molar-refractivity contribution >= 4 is 29.0 Å². The number of hydrogen-bond donors (Lipinski definition) is 2. The first-order chi connectivity index (χ1) is 10.2. The molecule has 1 heterocycles. The molecule has 2 N–H and O–H groups in total. The lowest BCUT2D eigenvalue weighted by atomic mass is 10.3. The molecule has 2 aromatic rings. The fourth-order valence-corrected chi connectivity index (χ4v) is 2.05. The van der Waals surface area contributed by atoms with E-state index in [-0.39, 0.29) is 5.91 Å². The maximum atomic E-state index is 12.3. The maximum absolute atomic E-state index is 12.3. The fraction of sp³-hybridized carbons (Fsp3) is 0.267. The van der Waals surface area contributed by atoms with Gasteiger partial charge in [0.05, 0.1) is 0 Å². The highest BCUT2D eigenvalue weighted by Crippen LogP contribution is 2.29. The number of aromatic nitrogens is 2. The fourth-order valence-electron chi connectivity index (χ4n) is 1.92. The van der Waals surface area contributed by atoms with Gasteiger partial charge in [-0.3, -0.25) is 4.79 Å². The topological polar surface area (TPSA) is 66.9 Å². The van der Waals surface area contributed by atoms with Crippen molar-refractivity contribution in [3.8, 4) is 0 Å². The molecule has 1 aliphatic carbocycles. The van der Waals surface area contributed by atoms with E-state index in [0.29, 0.717) is 28.1 Å². The van der Waals surface area contributed by atoms with E-state index in [1.165, 1.54) is 19.0 Å². The molecule has 0 atom stereocenters. The van der Waals surface area contributed by atoms with E-state index in [9.17, 15) is 4.79 Å². The molecule has 1 aromatic carbocycles. The third-order valence-corrected chi connectivity index (χ3v) is 3.52. The van der Waals surface area contributed by atoms with Crippen LogP contribution in [0.25, 0.3) is 0 Å². The molecule has 1 aromatic heterocycles. The van der Waals surface area contributed by atoms with Crippen molar-refractivity contribution in [2.75, 3.05) is 17.2 Å². The Morgan fingerprint density at radius 2 is 1.90 bits per heavy atom. The molecular weight excluding hydrogens is 288 g/mol. The summed E-state index contributed by atoms with van der Waals surface area (Å²) in [4.78, 5) is 20.6. The SMILES string of the molecule is O=C(Nc1ccc(Cl)cc1)c1nccnc1NCC1CC1. The Hall–Kier alpha value is -2.14. The summed E-state index contributed by atoms with van der Waals surface area (Å²) in [6, 6.07) is 6.93. The Labute approximate surface area is 127 Å². The largest absolute Gasteiger partial charge is 0.368 e. The summed E-state index contributed by atoms with van der Waals surface area (Å²) in [7, 11) is 0. The Morgan fingerprint density at radius 3 is 2.62 bits per heavy atom. The maximum Gasteiger partial charge on any atom is 0.278 e. The standard InChI is InChI=1S/C15H15ClN4O/c16-11-3-5-12(6-4-11)20-15(21)13-14(18-8-7-17-13)19-9-10-1-2-10/h3-8,10H,1-2,9H2,(H,18,19)(H,20,21). The zero-order chi connectivity index (χ0) is 14.7. The van der Waals surface area contributed by atoms with Crippen LogP contribution < -0.4 is 10.6 Å². The second-order valence-electron chi connectivity index (χ2n) is 5.04. The van der Waals surface area contributed by atoms with Crippen molar-refractivity contribution < 1.29 is 4.79 Å². The van der Waals surface area contributed by atoms with Gasteiger partial charge in [0.15, 0.2) is 11.5 Å². The lowest BCUT2D eigenvalue weighted by Crippen LogP contribution is -2.18. The first kappa shape index (κ1) is 13.8. The normalized spacial score (nSPS) is 13.8. The molecule has 0 spiro atoms. The molecule has 21 heavy (non-hydrogen) atoms. The van der Waals surface area contributed by atoms with Gasteiger partial charge in [-0.15, -0.1) is 0 Å². The molecule has 108 valence electrons. The van der Waals surface area contributed by atoms with Crippen LogP contribution in [0, 0.1) is 5.92 Å². The number of benzene rings is 1. The van der Waals surface area contributed by atoms with Gasteiger partial charge in [-0.1, -0.05) is 11.6 Å². The summed E-state index contributed by atoms with van der Waals surface area (Å²) in [6.45, 7) is 0.833. The van der Waals surface area contributed by atoms with E-state index in [0.717, 1.165) is 6.54 Å². The number of rotatable bonds is 5. The van der Waals surface area contributed by atoms with E-state index in [1.807, 2.05) is 0 Å². The van der Waals surface area contributed by atoms with Crippen LogP contribution in [0.5, 0.6) is 0 Å². The molecule has 0 aliphatic heterocycles. The molecule has 0 saturated heterocycles. The third kappa shape index (κ3) is 3.70. The zero-order valence-electron chi connectivity index (χ0n) is 11.3. The third-order valence-electron chi connectivity index (χ3n) is 3.27.